The Bertz CT molecular complexity index is 1010. The summed E-state index contributed by atoms with van der Waals surface area (Å²) in [5, 5.41) is 11.6. The van der Waals surface area contributed by atoms with E-state index in [0.717, 1.165) is 30.2 Å². The van der Waals surface area contributed by atoms with Gasteiger partial charge in [-0.05, 0) is 49.2 Å². The molecule has 0 bridgehead atoms. The highest BCUT2D eigenvalue weighted by molar-refractivity contribution is 6.06. The summed E-state index contributed by atoms with van der Waals surface area (Å²) in [5.74, 6) is 1.57. The van der Waals surface area contributed by atoms with Gasteiger partial charge in [-0.2, -0.15) is 0 Å². The van der Waals surface area contributed by atoms with Crippen LogP contribution in [-0.4, -0.2) is 43.4 Å². The SMILES string of the molecule is COc1cccc(C(=O)Nc2ccc(-c3ccc(N4CCCC4)nn3)cc2)c1OC. The molecule has 1 aromatic heterocycles. The third kappa shape index (κ3) is 4.05. The smallest absolute Gasteiger partial charge is 0.259 e. The summed E-state index contributed by atoms with van der Waals surface area (Å²) in [4.78, 5) is 15.0. The molecule has 0 unspecified atom stereocenters. The van der Waals surface area contributed by atoms with E-state index in [9.17, 15) is 4.79 Å². The first kappa shape index (κ1) is 19.7. The Balaban J connectivity index is 1.47. The second-order valence-corrected chi connectivity index (χ2v) is 7.04. The number of hydrogen-bond donors (Lipinski definition) is 1. The molecule has 0 spiro atoms. The molecule has 2 heterocycles. The van der Waals surface area contributed by atoms with Gasteiger partial charge >= 0.3 is 0 Å². The number of nitrogens with zero attached hydrogens (tertiary/aromatic N) is 3. The summed E-state index contributed by atoms with van der Waals surface area (Å²) in [6.07, 6.45) is 2.41. The number of benzene rings is 2. The number of hydrogen-bond acceptors (Lipinski definition) is 6. The van der Waals surface area contributed by atoms with Crippen molar-refractivity contribution in [2.45, 2.75) is 12.8 Å². The summed E-state index contributed by atoms with van der Waals surface area (Å²) in [7, 11) is 3.05. The van der Waals surface area contributed by atoms with Gasteiger partial charge in [0.15, 0.2) is 17.3 Å². The molecule has 0 saturated carbocycles. The fourth-order valence-corrected chi connectivity index (χ4v) is 3.58. The molecule has 4 rings (SSSR count). The van der Waals surface area contributed by atoms with Gasteiger partial charge in [-0.15, -0.1) is 10.2 Å². The predicted molar refractivity (Wildman–Crippen MR) is 116 cm³/mol. The molecule has 1 N–H and O–H groups in total. The zero-order valence-electron chi connectivity index (χ0n) is 17.1. The second kappa shape index (κ2) is 8.82. The lowest BCUT2D eigenvalue weighted by Gasteiger charge is -2.15. The van der Waals surface area contributed by atoms with Gasteiger partial charge < -0.3 is 19.7 Å². The zero-order valence-corrected chi connectivity index (χ0v) is 17.1. The Morgan fingerprint density at radius 3 is 2.33 bits per heavy atom. The van der Waals surface area contributed by atoms with Crippen LogP contribution in [0.5, 0.6) is 11.5 Å². The Morgan fingerprint density at radius 2 is 1.70 bits per heavy atom. The average molecular weight is 404 g/mol. The van der Waals surface area contributed by atoms with Crippen LogP contribution in [-0.2, 0) is 0 Å². The molecule has 0 atom stereocenters. The molecule has 0 radical (unpaired) electrons. The molecule has 0 aliphatic carbocycles. The van der Waals surface area contributed by atoms with E-state index >= 15 is 0 Å². The van der Waals surface area contributed by atoms with E-state index in [2.05, 4.69) is 20.4 Å². The Labute approximate surface area is 175 Å². The van der Waals surface area contributed by atoms with Gasteiger partial charge in [0.1, 0.15) is 0 Å². The van der Waals surface area contributed by atoms with Crippen LogP contribution in [0.15, 0.2) is 54.6 Å². The maximum atomic E-state index is 12.7. The molecular weight excluding hydrogens is 380 g/mol. The molecule has 7 heteroatoms. The van der Waals surface area contributed by atoms with E-state index in [0.29, 0.717) is 22.7 Å². The third-order valence-corrected chi connectivity index (χ3v) is 5.17. The molecule has 1 saturated heterocycles. The molecule has 1 aliphatic rings. The van der Waals surface area contributed by atoms with Gasteiger partial charge in [-0.1, -0.05) is 18.2 Å². The first-order valence-corrected chi connectivity index (χ1v) is 9.91. The highest BCUT2D eigenvalue weighted by Crippen LogP contribution is 2.31. The standard InChI is InChI=1S/C23H24N4O3/c1-29-20-7-5-6-18(22(20)30-2)23(28)24-17-10-8-16(9-11-17)19-12-13-21(26-25-19)27-14-3-4-15-27/h5-13H,3-4,14-15H2,1-2H3,(H,24,28). The number of carbonyl (C=O) groups excluding carboxylic acids is 1. The van der Waals surface area contributed by atoms with Gasteiger partial charge in [0.2, 0.25) is 0 Å². The maximum absolute atomic E-state index is 12.7. The number of anilines is 2. The minimum Gasteiger partial charge on any atom is -0.493 e. The number of ether oxygens (including phenoxy) is 2. The van der Waals surface area contributed by atoms with E-state index in [1.807, 2.05) is 36.4 Å². The van der Waals surface area contributed by atoms with Crippen LogP contribution in [0.3, 0.4) is 0 Å². The largest absolute Gasteiger partial charge is 0.493 e. The van der Waals surface area contributed by atoms with Crippen molar-refractivity contribution >= 4 is 17.4 Å². The predicted octanol–water partition coefficient (Wildman–Crippen LogP) is 4.01. The van der Waals surface area contributed by atoms with Crippen molar-refractivity contribution in [3.05, 3.63) is 60.2 Å². The van der Waals surface area contributed by atoms with Crippen molar-refractivity contribution in [3.63, 3.8) is 0 Å². The minimum absolute atomic E-state index is 0.270. The Morgan fingerprint density at radius 1 is 0.933 bits per heavy atom. The molecule has 1 amide bonds. The maximum Gasteiger partial charge on any atom is 0.259 e. The normalized spacial score (nSPS) is 13.2. The minimum atomic E-state index is -0.270. The molecular formula is C23H24N4O3. The third-order valence-electron chi connectivity index (χ3n) is 5.17. The lowest BCUT2D eigenvalue weighted by molar-refractivity contribution is 0.102. The van der Waals surface area contributed by atoms with Crippen LogP contribution >= 0.6 is 0 Å². The fraction of sp³-hybridized carbons (Fsp3) is 0.261. The van der Waals surface area contributed by atoms with Crippen molar-refractivity contribution in [2.75, 3.05) is 37.5 Å². The van der Waals surface area contributed by atoms with Crippen molar-refractivity contribution in [1.82, 2.24) is 10.2 Å². The molecule has 154 valence electrons. The van der Waals surface area contributed by atoms with Crippen LogP contribution in [0.2, 0.25) is 0 Å². The van der Waals surface area contributed by atoms with E-state index < -0.39 is 0 Å². The molecule has 30 heavy (non-hydrogen) atoms. The van der Waals surface area contributed by atoms with E-state index in [1.54, 1.807) is 25.3 Å². The van der Waals surface area contributed by atoms with Gasteiger partial charge in [0, 0.05) is 24.3 Å². The molecule has 2 aromatic carbocycles. The van der Waals surface area contributed by atoms with Crippen molar-refractivity contribution in [3.8, 4) is 22.8 Å². The molecule has 1 aliphatic heterocycles. The number of nitrogens with one attached hydrogen (secondary N) is 1. The van der Waals surface area contributed by atoms with Gasteiger partial charge in [0.25, 0.3) is 5.91 Å². The first-order chi connectivity index (χ1) is 14.7. The average Bonchev–Trinajstić information content (AvgIpc) is 3.34. The molecule has 7 nitrogen and oxygen atoms in total. The lowest BCUT2D eigenvalue weighted by Crippen LogP contribution is -2.19. The fourth-order valence-electron chi connectivity index (χ4n) is 3.58. The number of aromatic nitrogens is 2. The zero-order chi connectivity index (χ0) is 20.9. The topological polar surface area (TPSA) is 76.6 Å². The molecule has 1 fully saturated rings. The highest BCUT2D eigenvalue weighted by Gasteiger charge is 2.17. The van der Waals surface area contributed by atoms with Gasteiger partial charge in [-0.25, -0.2) is 0 Å². The van der Waals surface area contributed by atoms with E-state index in [-0.39, 0.29) is 5.91 Å². The monoisotopic (exact) mass is 404 g/mol. The lowest BCUT2D eigenvalue weighted by atomic mass is 10.1. The first-order valence-electron chi connectivity index (χ1n) is 9.91. The molecule has 3 aromatic rings. The van der Waals surface area contributed by atoms with Crippen LogP contribution in [0, 0.1) is 0 Å². The van der Waals surface area contributed by atoms with Crippen LogP contribution in [0.25, 0.3) is 11.3 Å². The van der Waals surface area contributed by atoms with Crippen molar-refractivity contribution in [2.24, 2.45) is 0 Å². The van der Waals surface area contributed by atoms with Crippen molar-refractivity contribution < 1.29 is 14.3 Å². The number of carbonyl (C=O) groups is 1. The Kier molecular flexibility index (Phi) is 5.79. The summed E-state index contributed by atoms with van der Waals surface area (Å²) >= 11 is 0. The van der Waals surface area contributed by atoms with E-state index in [1.165, 1.54) is 20.0 Å². The van der Waals surface area contributed by atoms with Crippen LogP contribution < -0.4 is 19.7 Å². The van der Waals surface area contributed by atoms with Crippen LogP contribution in [0.4, 0.5) is 11.5 Å². The summed E-state index contributed by atoms with van der Waals surface area (Å²) < 4.78 is 10.6. The van der Waals surface area contributed by atoms with Gasteiger partial charge in [-0.3, -0.25) is 4.79 Å². The summed E-state index contributed by atoms with van der Waals surface area (Å²) in [5.41, 5.74) is 2.82. The number of amides is 1. The van der Waals surface area contributed by atoms with E-state index in [4.69, 9.17) is 9.47 Å². The van der Waals surface area contributed by atoms with Crippen molar-refractivity contribution in [1.29, 1.82) is 0 Å². The van der Waals surface area contributed by atoms with Gasteiger partial charge in [0.05, 0.1) is 25.5 Å². The van der Waals surface area contributed by atoms with Crippen LogP contribution in [0.1, 0.15) is 23.2 Å². The summed E-state index contributed by atoms with van der Waals surface area (Å²) in [6, 6.07) is 16.7. The number of rotatable bonds is 6. The number of methoxy groups -OCH3 is 2. The Hall–Kier alpha value is -3.61. The quantitative estimate of drug-likeness (QED) is 0.669. The number of para-hydroxylation sites is 1. The summed E-state index contributed by atoms with van der Waals surface area (Å²) in [6.45, 7) is 2.08. The highest BCUT2D eigenvalue weighted by atomic mass is 16.5. The second-order valence-electron chi connectivity index (χ2n) is 7.04.